The van der Waals surface area contributed by atoms with Crippen molar-refractivity contribution in [1.29, 1.82) is 0 Å². The van der Waals surface area contributed by atoms with E-state index in [2.05, 4.69) is 5.32 Å². The molecule has 1 saturated carbocycles. The van der Waals surface area contributed by atoms with Crippen LogP contribution in [-0.4, -0.2) is 11.9 Å². The van der Waals surface area contributed by atoms with E-state index in [1.54, 1.807) is 0 Å². The van der Waals surface area contributed by atoms with E-state index in [0.29, 0.717) is 25.0 Å². The van der Waals surface area contributed by atoms with Gasteiger partial charge < -0.3 is 11.1 Å². The van der Waals surface area contributed by atoms with E-state index in [1.165, 1.54) is 13.8 Å². The van der Waals surface area contributed by atoms with E-state index in [0.717, 1.165) is 12.8 Å². The summed E-state index contributed by atoms with van der Waals surface area (Å²) < 4.78 is 78.3. The monoisotopic (exact) mass is 396 g/mol. The minimum absolute atomic E-state index is 0.0679. The van der Waals surface area contributed by atoms with E-state index in [-0.39, 0.29) is 17.7 Å². The molecule has 27 heavy (non-hydrogen) atoms. The highest BCUT2D eigenvalue weighted by atomic mass is 19.4. The van der Waals surface area contributed by atoms with Crippen LogP contribution in [0.3, 0.4) is 0 Å². The highest BCUT2D eigenvalue weighted by Gasteiger charge is 2.39. The van der Waals surface area contributed by atoms with Gasteiger partial charge in [-0.1, -0.05) is 12.8 Å². The molecule has 1 fully saturated rings. The van der Waals surface area contributed by atoms with Gasteiger partial charge in [-0.05, 0) is 50.5 Å². The number of benzene rings is 1. The lowest BCUT2D eigenvalue weighted by Crippen LogP contribution is -2.49. The molecule has 1 aliphatic rings. The molecule has 152 valence electrons. The van der Waals surface area contributed by atoms with Gasteiger partial charge in [0.1, 0.15) is 0 Å². The van der Waals surface area contributed by atoms with Crippen molar-refractivity contribution in [3.8, 4) is 0 Å². The first-order valence-electron chi connectivity index (χ1n) is 8.59. The van der Waals surface area contributed by atoms with Crippen LogP contribution in [0.1, 0.15) is 56.2 Å². The second kappa shape index (κ2) is 7.33. The molecule has 2 rings (SSSR count). The standard InChI is InChI=1S/C18H22F6N2O/c1-16(2,26-15(27)13-5-3-4-6-14(13)25)10-7-11(17(19,20)21)9-12(8-10)18(22,23)24/h7-9,13-14H,3-6,25H2,1-2H3,(H,26,27)/t13-,14+/m0/s1. The van der Waals surface area contributed by atoms with Crippen molar-refractivity contribution in [2.75, 3.05) is 0 Å². The summed E-state index contributed by atoms with van der Waals surface area (Å²) in [5.74, 6) is -0.968. The maximum absolute atomic E-state index is 13.1. The first-order valence-corrected chi connectivity index (χ1v) is 8.59. The Bertz CT molecular complexity index is 664. The molecule has 1 aromatic carbocycles. The van der Waals surface area contributed by atoms with E-state index in [1.807, 2.05) is 0 Å². The van der Waals surface area contributed by atoms with Gasteiger partial charge in [0.15, 0.2) is 0 Å². The van der Waals surface area contributed by atoms with Gasteiger partial charge in [-0.3, -0.25) is 4.79 Å². The van der Waals surface area contributed by atoms with Crippen molar-refractivity contribution in [2.45, 2.75) is 63.5 Å². The first-order chi connectivity index (χ1) is 12.2. The Morgan fingerprint density at radius 3 is 1.81 bits per heavy atom. The smallest absolute Gasteiger partial charge is 0.347 e. The molecule has 1 aromatic rings. The van der Waals surface area contributed by atoms with Gasteiger partial charge in [0.2, 0.25) is 5.91 Å². The van der Waals surface area contributed by atoms with Crippen molar-refractivity contribution in [2.24, 2.45) is 11.7 Å². The summed E-state index contributed by atoms with van der Waals surface area (Å²) in [6, 6.07) is 0.965. The van der Waals surface area contributed by atoms with Crippen LogP contribution in [0.5, 0.6) is 0 Å². The van der Waals surface area contributed by atoms with Gasteiger partial charge in [0, 0.05) is 6.04 Å². The topological polar surface area (TPSA) is 55.1 Å². The molecule has 1 aliphatic carbocycles. The molecular weight excluding hydrogens is 374 g/mol. The van der Waals surface area contributed by atoms with Crippen LogP contribution in [-0.2, 0) is 22.7 Å². The van der Waals surface area contributed by atoms with Gasteiger partial charge in [0.25, 0.3) is 0 Å². The molecule has 0 unspecified atom stereocenters. The fourth-order valence-corrected chi connectivity index (χ4v) is 3.27. The Morgan fingerprint density at radius 1 is 0.926 bits per heavy atom. The van der Waals surface area contributed by atoms with Gasteiger partial charge in [0.05, 0.1) is 22.6 Å². The SMILES string of the molecule is CC(C)(NC(=O)[C@H]1CCCC[C@H]1N)c1cc(C(F)(F)F)cc(C(F)(F)F)c1. The highest BCUT2D eigenvalue weighted by Crippen LogP contribution is 2.38. The normalized spacial score (nSPS) is 21.8. The number of nitrogens with one attached hydrogen (secondary N) is 1. The quantitative estimate of drug-likeness (QED) is 0.734. The van der Waals surface area contributed by atoms with Crippen LogP contribution in [0.25, 0.3) is 0 Å². The van der Waals surface area contributed by atoms with Gasteiger partial charge in [-0.25, -0.2) is 0 Å². The molecule has 3 N–H and O–H groups in total. The van der Waals surface area contributed by atoms with Crippen molar-refractivity contribution in [3.63, 3.8) is 0 Å². The molecule has 1 amide bonds. The zero-order valence-corrected chi connectivity index (χ0v) is 15.0. The van der Waals surface area contributed by atoms with Gasteiger partial charge in [-0.15, -0.1) is 0 Å². The van der Waals surface area contributed by atoms with Crippen LogP contribution in [0.2, 0.25) is 0 Å². The van der Waals surface area contributed by atoms with Crippen molar-refractivity contribution < 1.29 is 31.1 Å². The Balaban J connectivity index is 2.37. The van der Waals surface area contributed by atoms with Crippen LogP contribution in [0, 0.1) is 5.92 Å². The van der Waals surface area contributed by atoms with Crippen LogP contribution >= 0.6 is 0 Å². The van der Waals surface area contributed by atoms with Crippen molar-refractivity contribution >= 4 is 5.91 Å². The Kier molecular flexibility index (Phi) is 5.85. The zero-order valence-electron chi connectivity index (χ0n) is 15.0. The minimum Gasteiger partial charge on any atom is -0.347 e. The minimum atomic E-state index is -4.94. The number of hydrogen-bond donors (Lipinski definition) is 2. The fourth-order valence-electron chi connectivity index (χ4n) is 3.27. The molecule has 0 radical (unpaired) electrons. The molecule has 0 aliphatic heterocycles. The summed E-state index contributed by atoms with van der Waals surface area (Å²) in [5, 5.41) is 2.58. The fraction of sp³-hybridized carbons (Fsp3) is 0.611. The second-order valence-electron chi connectivity index (χ2n) is 7.46. The lowest BCUT2D eigenvalue weighted by atomic mass is 9.83. The third kappa shape index (κ3) is 5.15. The summed E-state index contributed by atoms with van der Waals surface area (Å²) >= 11 is 0. The second-order valence-corrected chi connectivity index (χ2v) is 7.46. The third-order valence-corrected chi connectivity index (χ3v) is 4.90. The Morgan fingerprint density at radius 2 is 1.37 bits per heavy atom. The number of amides is 1. The molecule has 2 atom stereocenters. The maximum atomic E-state index is 13.1. The largest absolute Gasteiger partial charge is 0.416 e. The van der Waals surface area contributed by atoms with Crippen LogP contribution in [0.15, 0.2) is 18.2 Å². The number of alkyl halides is 6. The first kappa shape index (κ1) is 21.5. The molecule has 3 nitrogen and oxygen atoms in total. The predicted molar refractivity (Wildman–Crippen MR) is 87.5 cm³/mol. The summed E-state index contributed by atoms with van der Waals surface area (Å²) in [6.07, 6.45) is -7.01. The summed E-state index contributed by atoms with van der Waals surface area (Å²) in [7, 11) is 0. The highest BCUT2D eigenvalue weighted by molar-refractivity contribution is 5.80. The number of halogens is 6. The van der Waals surface area contributed by atoms with Crippen LogP contribution in [0.4, 0.5) is 26.3 Å². The maximum Gasteiger partial charge on any atom is 0.416 e. The van der Waals surface area contributed by atoms with Gasteiger partial charge in [-0.2, -0.15) is 26.3 Å². The lowest BCUT2D eigenvalue weighted by Gasteiger charge is -2.33. The lowest BCUT2D eigenvalue weighted by molar-refractivity contribution is -0.143. The van der Waals surface area contributed by atoms with Gasteiger partial charge >= 0.3 is 12.4 Å². The predicted octanol–water partition coefficient (Wildman–Crippen LogP) is 4.59. The van der Waals surface area contributed by atoms with Crippen molar-refractivity contribution in [3.05, 3.63) is 34.9 Å². The molecule has 9 heteroatoms. The molecular formula is C18H22F6N2O. The zero-order chi connectivity index (χ0) is 20.6. The van der Waals surface area contributed by atoms with E-state index < -0.39 is 40.8 Å². The van der Waals surface area contributed by atoms with E-state index in [4.69, 9.17) is 5.73 Å². The Labute approximate surface area is 153 Å². The average molecular weight is 396 g/mol. The van der Waals surface area contributed by atoms with E-state index in [9.17, 15) is 31.1 Å². The summed E-state index contributed by atoms with van der Waals surface area (Å²) in [4.78, 5) is 12.5. The molecule has 0 heterocycles. The molecule has 0 aromatic heterocycles. The summed E-state index contributed by atoms with van der Waals surface area (Å²) in [6.45, 7) is 2.74. The number of nitrogens with two attached hydrogens (primary N) is 1. The van der Waals surface area contributed by atoms with Crippen molar-refractivity contribution in [1.82, 2.24) is 5.32 Å². The van der Waals surface area contributed by atoms with E-state index >= 15 is 0 Å². The molecule has 0 spiro atoms. The molecule has 0 bridgehead atoms. The number of hydrogen-bond acceptors (Lipinski definition) is 2. The number of carbonyl (C=O) groups is 1. The number of carbonyl (C=O) groups excluding carboxylic acids is 1. The Hall–Kier alpha value is -1.77. The third-order valence-electron chi connectivity index (χ3n) is 4.90. The summed E-state index contributed by atoms with van der Waals surface area (Å²) in [5.41, 5.74) is 1.41. The number of rotatable bonds is 3. The average Bonchev–Trinajstić information content (AvgIpc) is 2.52. The van der Waals surface area contributed by atoms with Crippen LogP contribution < -0.4 is 11.1 Å². The molecule has 0 saturated heterocycles.